The van der Waals surface area contributed by atoms with Crippen LogP contribution in [0.15, 0.2) is 0 Å². The fourth-order valence-electron chi connectivity index (χ4n) is 2.91. The average Bonchev–Trinajstić information content (AvgIpc) is 2.77. The van der Waals surface area contributed by atoms with Gasteiger partial charge in [0.15, 0.2) is 0 Å². The second kappa shape index (κ2) is 5.37. The number of hydrogen-bond donors (Lipinski definition) is 1. The van der Waals surface area contributed by atoms with Crippen molar-refractivity contribution in [2.45, 2.75) is 50.3 Å². The molecule has 2 saturated carbocycles. The molecule has 0 radical (unpaired) electrons. The van der Waals surface area contributed by atoms with E-state index in [2.05, 4.69) is 5.32 Å². The van der Waals surface area contributed by atoms with Gasteiger partial charge in [-0.25, -0.2) is 0 Å². The predicted molar refractivity (Wildman–Crippen MR) is 61.8 cm³/mol. The summed E-state index contributed by atoms with van der Waals surface area (Å²) in [6, 6.07) is 0. The van der Waals surface area contributed by atoms with Crippen molar-refractivity contribution in [1.29, 1.82) is 0 Å². The largest absolute Gasteiger partial charge is 0.316 e. The molecular formula is C12H22ClN. The van der Waals surface area contributed by atoms with E-state index in [-0.39, 0.29) is 0 Å². The second-order valence-electron chi connectivity index (χ2n) is 5.09. The molecule has 0 aromatic rings. The lowest BCUT2D eigenvalue weighted by Crippen LogP contribution is -2.26. The van der Waals surface area contributed by atoms with Crippen LogP contribution in [0.5, 0.6) is 0 Å². The zero-order valence-electron chi connectivity index (χ0n) is 8.97. The molecule has 82 valence electrons. The molecule has 1 nitrogen and oxygen atoms in total. The highest BCUT2D eigenvalue weighted by Gasteiger charge is 2.22. The summed E-state index contributed by atoms with van der Waals surface area (Å²) in [5.41, 5.74) is 0. The Morgan fingerprint density at radius 1 is 0.929 bits per heavy atom. The van der Waals surface area contributed by atoms with Gasteiger partial charge in [0.2, 0.25) is 0 Å². The van der Waals surface area contributed by atoms with E-state index in [0.29, 0.717) is 5.38 Å². The van der Waals surface area contributed by atoms with Crippen LogP contribution < -0.4 is 5.32 Å². The Kier molecular flexibility index (Phi) is 4.12. The van der Waals surface area contributed by atoms with E-state index in [0.717, 1.165) is 11.8 Å². The highest BCUT2D eigenvalue weighted by atomic mass is 35.5. The maximum absolute atomic E-state index is 6.09. The quantitative estimate of drug-likeness (QED) is 0.711. The minimum absolute atomic E-state index is 0.466. The minimum atomic E-state index is 0.466. The third kappa shape index (κ3) is 3.13. The van der Waals surface area contributed by atoms with E-state index in [1.165, 1.54) is 58.0 Å². The summed E-state index contributed by atoms with van der Waals surface area (Å²) in [6.45, 7) is 2.46. The van der Waals surface area contributed by atoms with Crippen LogP contribution in [-0.4, -0.2) is 18.5 Å². The molecule has 2 aliphatic carbocycles. The molecule has 2 heteroatoms. The highest BCUT2D eigenvalue weighted by Crippen LogP contribution is 2.29. The predicted octanol–water partition coefficient (Wildman–Crippen LogP) is 3.17. The molecule has 0 amide bonds. The van der Waals surface area contributed by atoms with Gasteiger partial charge in [0, 0.05) is 5.38 Å². The monoisotopic (exact) mass is 215 g/mol. The minimum Gasteiger partial charge on any atom is -0.316 e. The van der Waals surface area contributed by atoms with Gasteiger partial charge in [0.05, 0.1) is 0 Å². The number of halogens is 1. The molecule has 0 aliphatic heterocycles. The molecule has 0 aromatic carbocycles. The van der Waals surface area contributed by atoms with Crippen LogP contribution in [0, 0.1) is 11.8 Å². The molecule has 2 atom stereocenters. The maximum Gasteiger partial charge on any atom is 0.0339 e. The van der Waals surface area contributed by atoms with Crippen LogP contribution in [0.4, 0.5) is 0 Å². The molecule has 2 rings (SSSR count). The summed E-state index contributed by atoms with van der Waals surface area (Å²) < 4.78 is 0. The molecule has 2 aliphatic rings. The van der Waals surface area contributed by atoms with Crippen molar-refractivity contribution in [3.8, 4) is 0 Å². The Labute approximate surface area is 92.6 Å². The lowest BCUT2D eigenvalue weighted by molar-refractivity contribution is 0.434. The fourth-order valence-corrected chi connectivity index (χ4v) is 3.28. The summed E-state index contributed by atoms with van der Waals surface area (Å²) >= 11 is 6.09. The van der Waals surface area contributed by atoms with Crippen LogP contribution in [0.2, 0.25) is 0 Å². The standard InChI is InChI=1S/C12H22ClN/c13-12-6-5-11(7-12)9-14-8-10-3-1-2-4-10/h10-12,14H,1-9H2. The second-order valence-corrected chi connectivity index (χ2v) is 5.70. The maximum atomic E-state index is 6.09. The first-order chi connectivity index (χ1) is 6.84. The Morgan fingerprint density at radius 3 is 2.29 bits per heavy atom. The third-order valence-electron chi connectivity index (χ3n) is 3.82. The van der Waals surface area contributed by atoms with Gasteiger partial charge in [-0.3, -0.25) is 0 Å². The van der Waals surface area contributed by atoms with Gasteiger partial charge >= 0.3 is 0 Å². The van der Waals surface area contributed by atoms with Gasteiger partial charge in [-0.2, -0.15) is 0 Å². The van der Waals surface area contributed by atoms with Crippen molar-refractivity contribution in [2.24, 2.45) is 11.8 Å². The Balaban J connectivity index is 1.54. The zero-order chi connectivity index (χ0) is 9.80. The van der Waals surface area contributed by atoms with Crippen molar-refractivity contribution in [3.05, 3.63) is 0 Å². The van der Waals surface area contributed by atoms with Gasteiger partial charge in [-0.1, -0.05) is 12.8 Å². The Morgan fingerprint density at radius 2 is 1.64 bits per heavy atom. The molecule has 1 N–H and O–H groups in total. The summed E-state index contributed by atoms with van der Waals surface area (Å²) in [5, 5.41) is 4.10. The SMILES string of the molecule is ClC1CCC(CNCC2CCCC2)C1. The molecule has 0 saturated heterocycles. The summed E-state index contributed by atoms with van der Waals surface area (Å²) in [5.74, 6) is 1.84. The van der Waals surface area contributed by atoms with E-state index in [4.69, 9.17) is 11.6 Å². The van der Waals surface area contributed by atoms with Crippen LogP contribution in [0.1, 0.15) is 44.9 Å². The number of alkyl halides is 1. The normalized spacial score (nSPS) is 34.1. The van der Waals surface area contributed by atoms with E-state index in [9.17, 15) is 0 Å². The van der Waals surface area contributed by atoms with E-state index < -0.39 is 0 Å². The van der Waals surface area contributed by atoms with Crippen molar-refractivity contribution in [1.82, 2.24) is 5.32 Å². The average molecular weight is 216 g/mol. The lowest BCUT2D eigenvalue weighted by Gasteiger charge is -2.14. The van der Waals surface area contributed by atoms with Crippen LogP contribution >= 0.6 is 11.6 Å². The molecular weight excluding hydrogens is 194 g/mol. The van der Waals surface area contributed by atoms with Gasteiger partial charge in [0.1, 0.15) is 0 Å². The summed E-state index contributed by atoms with van der Waals surface area (Å²) in [7, 11) is 0. The molecule has 0 aromatic heterocycles. The van der Waals surface area contributed by atoms with Crippen molar-refractivity contribution < 1.29 is 0 Å². The van der Waals surface area contributed by atoms with Crippen molar-refractivity contribution >= 4 is 11.6 Å². The third-order valence-corrected chi connectivity index (χ3v) is 4.21. The highest BCUT2D eigenvalue weighted by molar-refractivity contribution is 6.20. The van der Waals surface area contributed by atoms with Crippen molar-refractivity contribution in [3.63, 3.8) is 0 Å². The van der Waals surface area contributed by atoms with Gasteiger partial charge in [-0.05, 0) is 57.0 Å². The molecule has 0 spiro atoms. The number of hydrogen-bond acceptors (Lipinski definition) is 1. The van der Waals surface area contributed by atoms with Crippen LogP contribution in [-0.2, 0) is 0 Å². The molecule has 2 fully saturated rings. The van der Waals surface area contributed by atoms with E-state index in [1.807, 2.05) is 0 Å². The first-order valence-electron chi connectivity index (χ1n) is 6.19. The van der Waals surface area contributed by atoms with Crippen molar-refractivity contribution in [2.75, 3.05) is 13.1 Å². The Bertz CT molecular complexity index is 166. The van der Waals surface area contributed by atoms with E-state index in [1.54, 1.807) is 0 Å². The smallest absolute Gasteiger partial charge is 0.0339 e. The van der Waals surface area contributed by atoms with Gasteiger partial charge < -0.3 is 5.32 Å². The zero-order valence-corrected chi connectivity index (χ0v) is 9.73. The molecule has 14 heavy (non-hydrogen) atoms. The van der Waals surface area contributed by atoms with Crippen LogP contribution in [0.3, 0.4) is 0 Å². The summed E-state index contributed by atoms with van der Waals surface area (Å²) in [6.07, 6.45) is 9.63. The first kappa shape index (κ1) is 10.8. The lowest BCUT2D eigenvalue weighted by atomic mass is 10.1. The molecule has 0 heterocycles. The van der Waals surface area contributed by atoms with Crippen LogP contribution in [0.25, 0.3) is 0 Å². The van der Waals surface area contributed by atoms with Gasteiger partial charge in [-0.15, -0.1) is 11.6 Å². The Hall–Kier alpha value is 0.250. The molecule has 0 bridgehead atoms. The van der Waals surface area contributed by atoms with E-state index >= 15 is 0 Å². The fraction of sp³-hybridized carbons (Fsp3) is 1.00. The first-order valence-corrected chi connectivity index (χ1v) is 6.63. The topological polar surface area (TPSA) is 12.0 Å². The number of rotatable bonds is 4. The number of nitrogens with one attached hydrogen (secondary N) is 1. The molecule has 2 unspecified atom stereocenters. The van der Waals surface area contributed by atoms with Gasteiger partial charge in [0.25, 0.3) is 0 Å². The summed E-state index contributed by atoms with van der Waals surface area (Å²) in [4.78, 5) is 0.